The highest BCUT2D eigenvalue weighted by atomic mass is 15.0. The lowest BCUT2D eigenvalue weighted by molar-refractivity contribution is 0.661. The Kier molecular flexibility index (Phi) is 6.87. The van der Waals surface area contributed by atoms with E-state index < -0.39 is 0 Å². The lowest BCUT2D eigenvalue weighted by Crippen LogP contribution is -2.15. The van der Waals surface area contributed by atoms with Crippen LogP contribution in [0.5, 0.6) is 0 Å². The number of hydrogen-bond donors (Lipinski definition) is 0. The number of benzene rings is 7. The molecule has 0 saturated heterocycles. The molecule has 0 saturated carbocycles. The second kappa shape index (κ2) is 11.8. The molecule has 52 heavy (non-hydrogen) atoms. The van der Waals surface area contributed by atoms with Crippen molar-refractivity contribution < 1.29 is 0 Å². The minimum absolute atomic E-state index is 0.154. The molecule has 0 spiro atoms. The fourth-order valence-corrected chi connectivity index (χ4v) is 8.39. The molecule has 10 rings (SSSR count). The fourth-order valence-electron chi connectivity index (χ4n) is 8.39. The van der Waals surface area contributed by atoms with Crippen LogP contribution in [0.1, 0.15) is 25.0 Å². The zero-order valence-electron chi connectivity index (χ0n) is 29.2. The molecule has 0 fully saturated rings. The highest BCUT2D eigenvalue weighted by Crippen LogP contribution is 2.51. The van der Waals surface area contributed by atoms with E-state index in [1.807, 2.05) is 18.5 Å². The zero-order chi connectivity index (χ0) is 34.8. The summed E-state index contributed by atoms with van der Waals surface area (Å²) < 4.78 is 2.43. The molecule has 9 aromatic rings. The van der Waals surface area contributed by atoms with Gasteiger partial charge in [-0.2, -0.15) is 0 Å². The van der Waals surface area contributed by atoms with Gasteiger partial charge >= 0.3 is 0 Å². The summed E-state index contributed by atoms with van der Waals surface area (Å²) in [5.41, 5.74) is 18.5. The monoisotopic (exact) mass is 664 g/mol. The molecule has 0 amide bonds. The van der Waals surface area contributed by atoms with Crippen molar-refractivity contribution in [2.45, 2.75) is 19.3 Å². The van der Waals surface area contributed by atoms with Crippen LogP contribution in [0.4, 0.5) is 0 Å². The van der Waals surface area contributed by atoms with Gasteiger partial charge in [0.15, 0.2) is 0 Å². The maximum Gasteiger partial charge on any atom is 0.0541 e. The molecule has 7 aromatic carbocycles. The van der Waals surface area contributed by atoms with Crippen LogP contribution in [0.2, 0.25) is 0 Å². The van der Waals surface area contributed by atoms with Gasteiger partial charge in [-0.05, 0) is 115 Å². The molecular formula is C50H36N2. The van der Waals surface area contributed by atoms with Crippen molar-refractivity contribution in [2.75, 3.05) is 0 Å². The number of nitrogens with zero attached hydrogens (tertiary/aromatic N) is 2. The van der Waals surface area contributed by atoms with Crippen LogP contribution >= 0.6 is 0 Å². The molecule has 0 bridgehead atoms. The van der Waals surface area contributed by atoms with E-state index in [0.29, 0.717) is 0 Å². The summed E-state index contributed by atoms with van der Waals surface area (Å²) >= 11 is 0. The first-order chi connectivity index (χ1) is 25.5. The molecule has 0 radical (unpaired) electrons. The first-order valence-corrected chi connectivity index (χ1v) is 18.0. The second-order valence-electron chi connectivity index (χ2n) is 14.5. The summed E-state index contributed by atoms with van der Waals surface area (Å²) in [6.45, 7) is 4.75. The van der Waals surface area contributed by atoms with Gasteiger partial charge < -0.3 is 4.57 Å². The van der Waals surface area contributed by atoms with E-state index in [4.69, 9.17) is 0 Å². The Labute approximate surface area is 304 Å². The predicted molar refractivity (Wildman–Crippen MR) is 218 cm³/mol. The van der Waals surface area contributed by atoms with E-state index in [9.17, 15) is 0 Å². The minimum Gasteiger partial charge on any atom is -0.309 e. The van der Waals surface area contributed by atoms with Crippen molar-refractivity contribution in [2.24, 2.45) is 0 Å². The van der Waals surface area contributed by atoms with Crippen LogP contribution in [0.3, 0.4) is 0 Å². The number of fused-ring (bicyclic) bond motifs is 6. The van der Waals surface area contributed by atoms with Gasteiger partial charge in [0.2, 0.25) is 0 Å². The Morgan fingerprint density at radius 1 is 0.404 bits per heavy atom. The highest BCUT2D eigenvalue weighted by molar-refractivity contribution is 6.09. The first-order valence-electron chi connectivity index (χ1n) is 18.0. The van der Waals surface area contributed by atoms with Crippen LogP contribution < -0.4 is 0 Å². The van der Waals surface area contributed by atoms with Gasteiger partial charge in [-0.3, -0.25) is 4.98 Å². The van der Waals surface area contributed by atoms with Gasteiger partial charge in [0.05, 0.1) is 11.0 Å². The Balaban J connectivity index is 1.08. The summed E-state index contributed by atoms with van der Waals surface area (Å²) in [5.74, 6) is 0. The largest absolute Gasteiger partial charge is 0.309 e. The van der Waals surface area contributed by atoms with Gasteiger partial charge in [0.25, 0.3) is 0 Å². The number of rotatable bonds is 5. The molecule has 0 unspecified atom stereocenters. The van der Waals surface area contributed by atoms with Crippen molar-refractivity contribution in [3.8, 4) is 61.3 Å². The van der Waals surface area contributed by atoms with E-state index in [1.165, 1.54) is 83.0 Å². The maximum atomic E-state index is 4.30. The van der Waals surface area contributed by atoms with Crippen LogP contribution in [-0.2, 0) is 5.41 Å². The average Bonchev–Trinajstić information content (AvgIpc) is 3.66. The third-order valence-corrected chi connectivity index (χ3v) is 11.1. The van der Waals surface area contributed by atoms with Crippen LogP contribution in [-0.4, -0.2) is 9.55 Å². The lowest BCUT2D eigenvalue weighted by atomic mass is 9.80. The SMILES string of the molecule is CC1(C)c2cc(-c3ccc(-c4cccnc4)cc3)ccc2-c2ccc(-c3cc(-c4ccccc4)cc(-n4c5ccccc5c5ccccc54)c3)cc21. The molecule has 2 heteroatoms. The molecule has 2 heterocycles. The molecule has 2 aromatic heterocycles. The third kappa shape index (κ3) is 4.83. The van der Waals surface area contributed by atoms with Gasteiger partial charge in [-0.25, -0.2) is 0 Å². The predicted octanol–water partition coefficient (Wildman–Crippen LogP) is 13.2. The second-order valence-corrected chi connectivity index (χ2v) is 14.5. The van der Waals surface area contributed by atoms with Gasteiger partial charge in [0, 0.05) is 34.3 Å². The summed E-state index contributed by atoms with van der Waals surface area (Å²) in [5, 5.41) is 2.54. The average molecular weight is 665 g/mol. The topological polar surface area (TPSA) is 17.8 Å². The van der Waals surface area contributed by atoms with E-state index in [1.54, 1.807) is 0 Å². The fraction of sp³-hybridized carbons (Fsp3) is 0.0600. The molecule has 1 aliphatic carbocycles. The maximum absolute atomic E-state index is 4.30. The Morgan fingerprint density at radius 2 is 0.885 bits per heavy atom. The molecule has 2 nitrogen and oxygen atoms in total. The van der Waals surface area contributed by atoms with Crippen molar-refractivity contribution in [3.05, 3.63) is 193 Å². The minimum atomic E-state index is -0.154. The summed E-state index contributed by atoms with van der Waals surface area (Å²) in [4.78, 5) is 4.30. The number of pyridine rings is 1. The van der Waals surface area contributed by atoms with Crippen molar-refractivity contribution in [1.82, 2.24) is 9.55 Å². The number of hydrogen-bond acceptors (Lipinski definition) is 1. The van der Waals surface area contributed by atoms with E-state index >= 15 is 0 Å². The highest BCUT2D eigenvalue weighted by Gasteiger charge is 2.36. The van der Waals surface area contributed by atoms with Crippen molar-refractivity contribution in [3.63, 3.8) is 0 Å². The molecule has 0 N–H and O–H groups in total. The summed E-state index contributed by atoms with van der Waals surface area (Å²) in [6.07, 6.45) is 3.73. The molecule has 0 aliphatic heterocycles. The quantitative estimate of drug-likeness (QED) is 0.179. The van der Waals surface area contributed by atoms with Crippen LogP contribution in [0.25, 0.3) is 83.1 Å². The summed E-state index contributed by atoms with van der Waals surface area (Å²) in [7, 11) is 0. The molecular weight excluding hydrogens is 629 g/mol. The number of para-hydroxylation sites is 2. The lowest BCUT2D eigenvalue weighted by Gasteiger charge is -2.23. The molecule has 1 aliphatic rings. The normalized spacial score (nSPS) is 13.0. The van der Waals surface area contributed by atoms with Crippen molar-refractivity contribution in [1.29, 1.82) is 0 Å². The Morgan fingerprint density at radius 3 is 1.48 bits per heavy atom. The first kappa shape index (κ1) is 30.3. The molecule has 246 valence electrons. The smallest absolute Gasteiger partial charge is 0.0541 e. The molecule has 0 atom stereocenters. The van der Waals surface area contributed by atoms with Crippen LogP contribution in [0.15, 0.2) is 182 Å². The van der Waals surface area contributed by atoms with E-state index in [-0.39, 0.29) is 5.41 Å². The third-order valence-electron chi connectivity index (χ3n) is 11.1. The number of aromatic nitrogens is 2. The van der Waals surface area contributed by atoms with Gasteiger partial charge in [-0.15, -0.1) is 0 Å². The van der Waals surface area contributed by atoms with Gasteiger partial charge in [-0.1, -0.05) is 135 Å². The van der Waals surface area contributed by atoms with Gasteiger partial charge in [0.1, 0.15) is 0 Å². The van der Waals surface area contributed by atoms with E-state index in [2.05, 4.69) is 187 Å². The zero-order valence-corrected chi connectivity index (χ0v) is 29.2. The standard InChI is InChI=1S/C50H36N2/c1-50(2)46-30-36(34-18-20-35(21-19-34)38-13-10-26-51-32-38)22-24-42(46)43-25-23-37(31-47(43)50)40-27-39(33-11-4-3-5-12-33)28-41(29-40)52-48-16-8-6-14-44(48)45-15-7-9-17-49(45)52/h3-32H,1-2H3. The Hall–Kier alpha value is -6.51. The Bertz CT molecular complexity index is 2740. The van der Waals surface area contributed by atoms with Crippen LogP contribution in [0, 0.1) is 0 Å². The van der Waals surface area contributed by atoms with Crippen molar-refractivity contribution >= 4 is 21.8 Å². The summed E-state index contributed by atoms with van der Waals surface area (Å²) in [6, 6.07) is 62.4. The van der Waals surface area contributed by atoms with E-state index in [0.717, 1.165) is 11.3 Å².